The van der Waals surface area contributed by atoms with Crippen LogP contribution in [-0.2, 0) is 14.2 Å². The molecule has 110 valence electrons. The van der Waals surface area contributed by atoms with Crippen molar-refractivity contribution in [3.63, 3.8) is 0 Å². The minimum atomic E-state index is -0.0904. The molecule has 4 aliphatic rings. The Balaban J connectivity index is 1.57. The van der Waals surface area contributed by atoms with Crippen molar-refractivity contribution in [3.8, 4) is 0 Å². The monoisotopic (exact) mass is 268 g/mol. The first-order chi connectivity index (χ1) is 9.00. The average molecular weight is 268 g/mol. The molecule has 3 heterocycles. The van der Waals surface area contributed by atoms with E-state index in [1.165, 1.54) is 19.3 Å². The second-order valence-electron chi connectivity index (χ2n) is 7.30. The van der Waals surface area contributed by atoms with Crippen LogP contribution in [0.4, 0.5) is 0 Å². The number of hydrogen-bond acceptors (Lipinski definition) is 3. The molecule has 4 atom stereocenters. The van der Waals surface area contributed by atoms with Crippen molar-refractivity contribution in [2.75, 3.05) is 13.2 Å². The molecule has 2 bridgehead atoms. The Morgan fingerprint density at radius 2 is 2.00 bits per heavy atom. The molecule has 3 nitrogen and oxygen atoms in total. The van der Waals surface area contributed by atoms with Crippen LogP contribution in [0.5, 0.6) is 0 Å². The summed E-state index contributed by atoms with van der Waals surface area (Å²) in [5.74, 6) is 0.645. The van der Waals surface area contributed by atoms with Gasteiger partial charge in [-0.05, 0) is 65.2 Å². The fourth-order valence-corrected chi connectivity index (χ4v) is 4.09. The van der Waals surface area contributed by atoms with E-state index in [0.29, 0.717) is 12.0 Å². The van der Waals surface area contributed by atoms with Crippen molar-refractivity contribution in [2.45, 2.75) is 82.7 Å². The van der Waals surface area contributed by atoms with Crippen LogP contribution in [0.25, 0.3) is 0 Å². The highest BCUT2D eigenvalue weighted by Gasteiger charge is 2.54. The van der Waals surface area contributed by atoms with Crippen LogP contribution < -0.4 is 0 Å². The van der Waals surface area contributed by atoms with Gasteiger partial charge < -0.3 is 14.2 Å². The van der Waals surface area contributed by atoms with Gasteiger partial charge >= 0.3 is 0 Å². The summed E-state index contributed by atoms with van der Waals surface area (Å²) in [6.45, 7) is 8.35. The van der Waals surface area contributed by atoms with Gasteiger partial charge in [0.05, 0.1) is 30.0 Å². The maximum Gasteiger partial charge on any atom is 0.0922 e. The molecule has 0 radical (unpaired) electrons. The van der Waals surface area contributed by atoms with Gasteiger partial charge in [-0.3, -0.25) is 0 Å². The molecule has 4 unspecified atom stereocenters. The Hall–Kier alpha value is -0.120. The molecule has 1 aliphatic carbocycles. The summed E-state index contributed by atoms with van der Waals surface area (Å²) in [7, 11) is 0. The van der Waals surface area contributed by atoms with Crippen molar-refractivity contribution in [1.82, 2.24) is 0 Å². The molecule has 0 spiro atoms. The number of ether oxygens (including phenoxy) is 3. The lowest BCUT2D eigenvalue weighted by Crippen LogP contribution is -2.62. The van der Waals surface area contributed by atoms with E-state index in [2.05, 4.69) is 20.8 Å². The molecule has 3 heteroatoms. The van der Waals surface area contributed by atoms with Crippen LogP contribution in [-0.4, -0.2) is 36.6 Å². The van der Waals surface area contributed by atoms with Crippen LogP contribution in [0.2, 0.25) is 0 Å². The summed E-state index contributed by atoms with van der Waals surface area (Å²) >= 11 is 0. The number of rotatable bonds is 3. The Morgan fingerprint density at radius 3 is 2.63 bits per heavy atom. The lowest BCUT2D eigenvalue weighted by Gasteiger charge is -2.57. The summed E-state index contributed by atoms with van der Waals surface area (Å²) in [5.41, 5.74) is -0.0683. The zero-order chi connectivity index (χ0) is 13.5. The number of fused-ring (bicyclic) bond motifs is 3. The first-order valence-electron chi connectivity index (χ1n) is 7.93. The minimum absolute atomic E-state index is 0.0220. The minimum Gasteiger partial charge on any atom is -0.376 e. The highest BCUT2D eigenvalue weighted by Crippen LogP contribution is 2.50. The summed E-state index contributed by atoms with van der Waals surface area (Å²) in [6.07, 6.45) is 7.77. The molecule has 1 saturated carbocycles. The van der Waals surface area contributed by atoms with Crippen molar-refractivity contribution in [1.29, 1.82) is 0 Å². The second kappa shape index (κ2) is 5.01. The Morgan fingerprint density at radius 1 is 1.16 bits per heavy atom. The van der Waals surface area contributed by atoms with Gasteiger partial charge in [0.25, 0.3) is 0 Å². The average Bonchev–Trinajstić information content (AvgIpc) is 2.37. The van der Waals surface area contributed by atoms with Gasteiger partial charge in [0.15, 0.2) is 0 Å². The summed E-state index contributed by atoms with van der Waals surface area (Å²) in [5, 5.41) is 0. The molecule has 4 fully saturated rings. The van der Waals surface area contributed by atoms with E-state index in [0.717, 1.165) is 32.5 Å². The zero-order valence-electron chi connectivity index (χ0n) is 12.6. The SMILES string of the molecule is CC1(C)OC2(C)CCC1CC2OCC1CCCCO1. The van der Waals surface area contributed by atoms with Gasteiger partial charge in [-0.15, -0.1) is 0 Å². The van der Waals surface area contributed by atoms with Crippen molar-refractivity contribution >= 4 is 0 Å². The van der Waals surface area contributed by atoms with Crippen LogP contribution >= 0.6 is 0 Å². The third-order valence-electron chi connectivity index (χ3n) is 5.41. The van der Waals surface area contributed by atoms with Crippen LogP contribution in [0.3, 0.4) is 0 Å². The Labute approximate surface area is 117 Å². The summed E-state index contributed by atoms with van der Waals surface area (Å²) in [6, 6.07) is 0. The summed E-state index contributed by atoms with van der Waals surface area (Å²) < 4.78 is 18.3. The van der Waals surface area contributed by atoms with E-state index in [9.17, 15) is 0 Å². The van der Waals surface area contributed by atoms with Crippen LogP contribution in [0.1, 0.15) is 59.3 Å². The van der Waals surface area contributed by atoms with Gasteiger partial charge in [0, 0.05) is 6.61 Å². The maximum atomic E-state index is 6.35. The molecular formula is C16H28O3. The van der Waals surface area contributed by atoms with E-state index >= 15 is 0 Å². The lowest BCUT2D eigenvalue weighted by atomic mass is 9.67. The van der Waals surface area contributed by atoms with Crippen molar-refractivity contribution in [3.05, 3.63) is 0 Å². The molecule has 3 saturated heterocycles. The fraction of sp³-hybridized carbons (Fsp3) is 1.00. The van der Waals surface area contributed by atoms with Gasteiger partial charge in [-0.25, -0.2) is 0 Å². The van der Waals surface area contributed by atoms with Gasteiger partial charge in [0.2, 0.25) is 0 Å². The van der Waals surface area contributed by atoms with Crippen LogP contribution in [0, 0.1) is 5.92 Å². The normalized spacial score (nSPS) is 45.3. The molecular weight excluding hydrogens is 240 g/mol. The standard InChI is InChI=1S/C16H28O3/c1-15(2)12-7-8-16(3,19-15)14(10-12)18-11-13-6-4-5-9-17-13/h12-14H,4-11H2,1-3H3. The first-order valence-corrected chi connectivity index (χ1v) is 7.93. The topological polar surface area (TPSA) is 27.7 Å². The second-order valence-corrected chi connectivity index (χ2v) is 7.30. The van der Waals surface area contributed by atoms with Crippen LogP contribution in [0.15, 0.2) is 0 Å². The highest BCUT2D eigenvalue weighted by atomic mass is 16.6. The molecule has 3 aliphatic heterocycles. The zero-order valence-corrected chi connectivity index (χ0v) is 12.6. The lowest BCUT2D eigenvalue weighted by molar-refractivity contribution is -0.286. The molecule has 19 heavy (non-hydrogen) atoms. The van der Waals surface area contributed by atoms with E-state index in [-0.39, 0.29) is 17.3 Å². The number of hydrogen-bond donors (Lipinski definition) is 0. The van der Waals surface area contributed by atoms with Crippen molar-refractivity contribution in [2.24, 2.45) is 5.92 Å². The molecule has 0 amide bonds. The van der Waals surface area contributed by atoms with Gasteiger partial charge in [-0.2, -0.15) is 0 Å². The van der Waals surface area contributed by atoms with Gasteiger partial charge in [-0.1, -0.05) is 0 Å². The van der Waals surface area contributed by atoms with E-state index in [1.807, 2.05) is 0 Å². The highest BCUT2D eigenvalue weighted by molar-refractivity contribution is 5.03. The van der Waals surface area contributed by atoms with E-state index in [1.54, 1.807) is 0 Å². The fourth-order valence-electron chi connectivity index (χ4n) is 4.09. The Kier molecular flexibility index (Phi) is 3.65. The molecule has 0 aromatic carbocycles. The molecule has 0 aromatic rings. The molecule has 4 rings (SSSR count). The summed E-state index contributed by atoms with van der Waals surface area (Å²) in [4.78, 5) is 0. The molecule has 0 aromatic heterocycles. The third kappa shape index (κ3) is 2.70. The third-order valence-corrected chi connectivity index (χ3v) is 5.41. The van der Waals surface area contributed by atoms with E-state index in [4.69, 9.17) is 14.2 Å². The largest absolute Gasteiger partial charge is 0.376 e. The predicted octanol–water partition coefficient (Wildman–Crippen LogP) is 3.31. The van der Waals surface area contributed by atoms with E-state index < -0.39 is 0 Å². The predicted molar refractivity (Wildman–Crippen MR) is 74.2 cm³/mol. The van der Waals surface area contributed by atoms with Crippen molar-refractivity contribution < 1.29 is 14.2 Å². The quantitative estimate of drug-likeness (QED) is 0.786. The smallest absolute Gasteiger partial charge is 0.0922 e. The maximum absolute atomic E-state index is 6.35. The first kappa shape index (κ1) is 13.8. The Bertz CT molecular complexity index is 322. The van der Waals surface area contributed by atoms with Gasteiger partial charge in [0.1, 0.15) is 0 Å². The molecule has 0 N–H and O–H groups in total.